The van der Waals surface area contributed by atoms with E-state index in [9.17, 15) is 8.42 Å². The molecule has 0 aliphatic heterocycles. The van der Waals surface area contributed by atoms with Gasteiger partial charge in [-0.2, -0.15) is 5.10 Å². The molecule has 3 rings (SSSR count). The van der Waals surface area contributed by atoms with Gasteiger partial charge >= 0.3 is 0 Å². The molecule has 0 radical (unpaired) electrons. The van der Waals surface area contributed by atoms with Gasteiger partial charge in [-0.25, -0.2) is 23.2 Å². The Morgan fingerprint density at radius 2 is 1.90 bits per heavy atom. The van der Waals surface area contributed by atoms with Gasteiger partial charge in [-0.1, -0.05) is 18.2 Å². The summed E-state index contributed by atoms with van der Waals surface area (Å²) in [7, 11) is -3.93. The SMILES string of the molecule is NS(=O)(=O)c1nn(-c2ccccc2)c2ncc(Br)cc12. The number of rotatable bonds is 2. The topological polar surface area (TPSA) is 90.9 Å². The summed E-state index contributed by atoms with van der Waals surface area (Å²) >= 11 is 3.26. The van der Waals surface area contributed by atoms with E-state index < -0.39 is 10.0 Å². The molecule has 0 aliphatic carbocycles. The van der Waals surface area contributed by atoms with Gasteiger partial charge in [0.25, 0.3) is 10.0 Å². The van der Waals surface area contributed by atoms with Gasteiger partial charge in [0.05, 0.1) is 11.1 Å². The second-order valence-electron chi connectivity index (χ2n) is 4.12. The highest BCUT2D eigenvalue weighted by Gasteiger charge is 2.21. The number of hydrogen-bond acceptors (Lipinski definition) is 4. The number of benzene rings is 1. The van der Waals surface area contributed by atoms with Crippen molar-refractivity contribution in [3.8, 4) is 5.69 Å². The highest BCUT2D eigenvalue weighted by atomic mass is 79.9. The molecule has 8 heteroatoms. The van der Waals surface area contributed by atoms with Crippen molar-refractivity contribution in [1.29, 1.82) is 0 Å². The van der Waals surface area contributed by atoms with Crippen molar-refractivity contribution in [1.82, 2.24) is 14.8 Å². The first-order chi connectivity index (χ1) is 9.47. The van der Waals surface area contributed by atoms with E-state index in [1.165, 1.54) is 4.68 Å². The van der Waals surface area contributed by atoms with Crippen LogP contribution >= 0.6 is 15.9 Å². The number of para-hydroxylation sites is 1. The summed E-state index contributed by atoms with van der Waals surface area (Å²) in [6.45, 7) is 0. The number of nitrogens with two attached hydrogens (primary N) is 1. The molecular weight excluding hydrogens is 344 g/mol. The van der Waals surface area contributed by atoms with E-state index in [1.54, 1.807) is 12.3 Å². The molecule has 2 aromatic heterocycles. The van der Waals surface area contributed by atoms with Crippen LogP contribution in [0.15, 0.2) is 52.1 Å². The number of pyridine rings is 1. The first-order valence-corrected chi connectivity index (χ1v) is 7.93. The summed E-state index contributed by atoms with van der Waals surface area (Å²) in [6, 6.07) is 10.8. The Hall–Kier alpha value is -1.77. The van der Waals surface area contributed by atoms with Crippen LogP contribution in [-0.4, -0.2) is 23.2 Å². The van der Waals surface area contributed by atoms with Gasteiger partial charge in [0, 0.05) is 10.7 Å². The molecule has 0 saturated heterocycles. The van der Waals surface area contributed by atoms with Crippen LogP contribution in [0.25, 0.3) is 16.7 Å². The Kier molecular flexibility index (Phi) is 3.08. The molecule has 6 nitrogen and oxygen atoms in total. The molecule has 2 N–H and O–H groups in total. The van der Waals surface area contributed by atoms with Crippen LogP contribution in [0.2, 0.25) is 0 Å². The Labute approximate surface area is 123 Å². The van der Waals surface area contributed by atoms with Crippen molar-refractivity contribution in [2.75, 3.05) is 0 Å². The lowest BCUT2D eigenvalue weighted by molar-refractivity contribution is 0.593. The van der Waals surface area contributed by atoms with Crippen molar-refractivity contribution >= 4 is 37.0 Å². The van der Waals surface area contributed by atoms with Crippen LogP contribution in [0.4, 0.5) is 0 Å². The zero-order valence-corrected chi connectivity index (χ0v) is 12.5. The maximum Gasteiger partial charge on any atom is 0.258 e. The van der Waals surface area contributed by atoms with Gasteiger partial charge in [0.1, 0.15) is 0 Å². The van der Waals surface area contributed by atoms with Crippen LogP contribution < -0.4 is 5.14 Å². The largest absolute Gasteiger partial charge is 0.258 e. The van der Waals surface area contributed by atoms with E-state index in [0.29, 0.717) is 21.2 Å². The average Bonchev–Trinajstić information content (AvgIpc) is 2.78. The molecule has 2 heterocycles. The van der Waals surface area contributed by atoms with E-state index in [1.807, 2.05) is 30.3 Å². The normalized spacial score (nSPS) is 11.9. The van der Waals surface area contributed by atoms with Gasteiger partial charge in [-0.05, 0) is 34.1 Å². The lowest BCUT2D eigenvalue weighted by Crippen LogP contribution is -2.13. The zero-order chi connectivity index (χ0) is 14.3. The molecule has 0 spiro atoms. The Morgan fingerprint density at radius 1 is 1.20 bits per heavy atom. The summed E-state index contributed by atoms with van der Waals surface area (Å²) in [4.78, 5) is 4.22. The predicted octanol–water partition coefficient (Wildman–Crippen LogP) is 1.83. The van der Waals surface area contributed by atoms with E-state index in [4.69, 9.17) is 5.14 Å². The maximum absolute atomic E-state index is 11.7. The van der Waals surface area contributed by atoms with E-state index in [2.05, 4.69) is 26.0 Å². The minimum absolute atomic E-state index is 0.190. The molecule has 0 atom stereocenters. The van der Waals surface area contributed by atoms with Gasteiger partial charge in [0.2, 0.25) is 5.03 Å². The summed E-state index contributed by atoms with van der Waals surface area (Å²) in [5, 5.41) is 9.50. The molecular formula is C12H9BrN4O2S. The summed E-state index contributed by atoms with van der Waals surface area (Å²) in [6.07, 6.45) is 1.58. The molecule has 102 valence electrons. The summed E-state index contributed by atoms with van der Waals surface area (Å²) < 4.78 is 25.4. The average molecular weight is 353 g/mol. The molecule has 0 amide bonds. The molecule has 0 saturated carbocycles. The predicted molar refractivity (Wildman–Crippen MR) is 77.9 cm³/mol. The number of fused-ring (bicyclic) bond motifs is 1. The van der Waals surface area contributed by atoms with E-state index in [0.717, 1.165) is 0 Å². The van der Waals surface area contributed by atoms with Crippen LogP contribution in [0, 0.1) is 0 Å². The first-order valence-electron chi connectivity index (χ1n) is 5.59. The van der Waals surface area contributed by atoms with Crippen LogP contribution in [0.3, 0.4) is 0 Å². The smallest absolute Gasteiger partial charge is 0.235 e. The number of hydrogen-bond donors (Lipinski definition) is 1. The van der Waals surface area contributed by atoms with Crippen molar-refractivity contribution in [2.24, 2.45) is 5.14 Å². The molecule has 1 aromatic carbocycles. The molecule has 0 bridgehead atoms. The number of sulfonamides is 1. The van der Waals surface area contributed by atoms with Gasteiger partial charge in [0.15, 0.2) is 5.65 Å². The number of halogens is 1. The van der Waals surface area contributed by atoms with Crippen molar-refractivity contribution in [3.05, 3.63) is 47.1 Å². The fourth-order valence-corrected chi connectivity index (χ4v) is 2.89. The number of nitrogens with zero attached hydrogens (tertiary/aromatic N) is 3. The zero-order valence-electron chi connectivity index (χ0n) is 10.1. The summed E-state index contributed by atoms with van der Waals surface area (Å²) in [5.74, 6) is 0. The monoisotopic (exact) mass is 352 g/mol. The third kappa shape index (κ3) is 2.21. The highest BCUT2D eigenvalue weighted by molar-refractivity contribution is 9.10. The third-order valence-corrected chi connectivity index (χ3v) is 4.00. The summed E-state index contributed by atoms with van der Waals surface area (Å²) in [5.41, 5.74) is 1.14. The van der Waals surface area contributed by atoms with E-state index in [-0.39, 0.29) is 5.03 Å². The molecule has 20 heavy (non-hydrogen) atoms. The van der Waals surface area contributed by atoms with Crippen molar-refractivity contribution in [3.63, 3.8) is 0 Å². The third-order valence-electron chi connectivity index (χ3n) is 2.73. The van der Waals surface area contributed by atoms with Gasteiger partial charge < -0.3 is 0 Å². The lowest BCUT2D eigenvalue weighted by Gasteiger charge is -2.01. The number of aromatic nitrogens is 3. The Balaban J connectivity index is 2.41. The van der Waals surface area contributed by atoms with Gasteiger partial charge in [-0.15, -0.1) is 0 Å². The molecule has 0 unspecified atom stereocenters. The first kappa shape index (κ1) is 13.2. The lowest BCUT2D eigenvalue weighted by atomic mass is 10.3. The van der Waals surface area contributed by atoms with Gasteiger partial charge in [-0.3, -0.25) is 0 Å². The minimum atomic E-state index is -3.93. The van der Waals surface area contributed by atoms with Crippen LogP contribution in [-0.2, 0) is 10.0 Å². The number of primary sulfonamides is 1. The Bertz CT molecular complexity index is 890. The van der Waals surface area contributed by atoms with Crippen LogP contribution in [0.1, 0.15) is 0 Å². The second-order valence-corrected chi connectivity index (χ2v) is 6.51. The molecule has 0 fully saturated rings. The quantitative estimate of drug-likeness (QED) is 0.761. The Morgan fingerprint density at radius 3 is 2.55 bits per heavy atom. The van der Waals surface area contributed by atoms with Crippen molar-refractivity contribution in [2.45, 2.75) is 5.03 Å². The van der Waals surface area contributed by atoms with E-state index >= 15 is 0 Å². The molecule has 3 aromatic rings. The molecule has 0 aliphatic rings. The minimum Gasteiger partial charge on any atom is -0.235 e. The standard InChI is InChI=1S/C12H9BrN4O2S/c13-8-6-10-11(15-7-8)17(9-4-2-1-3-5-9)16-12(10)20(14,18)19/h1-7H,(H2,14,18,19). The van der Waals surface area contributed by atoms with Crippen LogP contribution in [0.5, 0.6) is 0 Å². The fourth-order valence-electron chi connectivity index (χ4n) is 1.91. The highest BCUT2D eigenvalue weighted by Crippen LogP contribution is 2.25. The maximum atomic E-state index is 11.7. The fraction of sp³-hybridized carbons (Fsp3) is 0. The second kappa shape index (κ2) is 4.65. The van der Waals surface area contributed by atoms with Crippen molar-refractivity contribution < 1.29 is 8.42 Å².